The van der Waals surface area contributed by atoms with Gasteiger partial charge in [-0.2, -0.15) is 0 Å². The number of hydrogen-bond acceptors (Lipinski definition) is 5. The van der Waals surface area contributed by atoms with Crippen molar-refractivity contribution in [3.05, 3.63) is 0 Å². The number of carbonyl (C=O) groups is 1. The Kier molecular flexibility index (Phi) is 5.99. The molecule has 1 spiro atoms. The fourth-order valence-corrected chi connectivity index (χ4v) is 3.90. The topological polar surface area (TPSA) is 68.2 Å². The van der Waals surface area contributed by atoms with Gasteiger partial charge in [0.15, 0.2) is 5.79 Å². The van der Waals surface area contributed by atoms with E-state index < -0.39 is 17.5 Å². The number of carbonyl (C=O) groups excluding carboxylic acids is 1. The number of alkyl halides is 1. The number of nitrogens with zero attached hydrogens (tertiary/aromatic N) is 1. The highest BCUT2D eigenvalue weighted by atomic mass is 35.5. The van der Waals surface area contributed by atoms with Gasteiger partial charge in [0, 0.05) is 13.0 Å². The molecule has 6 nitrogen and oxygen atoms in total. The summed E-state index contributed by atoms with van der Waals surface area (Å²) < 4.78 is 16.7. The van der Waals surface area contributed by atoms with E-state index in [9.17, 15) is 9.90 Å². The second-order valence-corrected chi connectivity index (χ2v) is 8.75. The number of likely N-dealkylation sites (tertiary alicyclic amines) is 1. The summed E-state index contributed by atoms with van der Waals surface area (Å²) in [5.41, 5.74) is -0.749. The van der Waals surface area contributed by atoms with Gasteiger partial charge in [0.2, 0.25) is 0 Å². The van der Waals surface area contributed by atoms with Crippen molar-refractivity contribution in [3.8, 4) is 0 Å². The van der Waals surface area contributed by atoms with Crippen LogP contribution in [0.5, 0.6) is 0 Å². The maximum atomic E-state index is 12.7. The lowest BCUT2D eigenvalue weighted by molar-refractivity contribution is -0.252. The molecule has 0 radical (unpaired) electrons. The lowest BCUT2D eigenvalue weighted by atomic mass is 9.86. The van der Waals surface area contributed by atoms with E-state index in [0.717, 1.165) is 19.3 Å². The highest BCUT2D eigenvalue weighted by Gasteiger charge is 2.59. The molecule has 1 unspecified atom stereocenters. The fourth-order valence-electron chi connectivity index (χ4n) is 3.48. The van der Waals surface area contributed by atoms with Gasteiger partial charge < -0.3 is 19.3 Å². The van der Waals surface area contributed by atoms with Crippen molar-refractivity contribution in [2.75, 3.05) is 19.5 Å². The van der Waals surface area contributed by atoms with Crippen LogP contribution in [0.1, 0.15) is 53.9 Å². The SMILES string of the molecule is CO[C@@](C)(O)C(C)O[C@H]1C[C@@H](CCl)C2(CC2)N(C(=O)OC(C)(C)C)C1. The number of aliphatic hydroxyl groups is 1. The number of amides is 1. The zero-order valence-electron chi connectivity index (χ0n) is 16.2. The lowest BCUT2D eigenvalue weighted by Crippen LogP contribution is -2.58. The zero-order valence-corrected chi connectivity index (χ0v) is 16.9. The van der Waals surface area contributed by atoms with Crippen LogP contribution < -0.4 is 0 Å². The molecule has 146 valence electrons. The second kappa shape index (κ2) is 7.22. The second-order valence-electron chi connectivity index (χ2n) is 8.44. The summed E-state index contributed by atoms with van der Waals surface area (Å²) in [6.45, 7) is 9.34. The Balaban J connectivity index is 2.13. The fraction of sp³-hybridized carbons (Fsp3) is 0.944. The Hall–Kier alpha value is -0.560. The Bertz CT molecular complexity index is 486. The maximum absolute atomic E-state index is 12.7. The van der Waals surface area contributed by atoms with Gasteiger partial charge in [0.25, 0.3) is 0 Å². The highest BCUT2D eigenvalue weighted by molar-refractivity contribution is 6.18. The van der Waals surface area contributed by atoms with Crippen molar-refractivity contribution >= 4 is 17.7 Å². The summed E-state index contributed by atoms with van der Waals surface area (Å²) >= 11 is 6.22. The van der Waals surface area contributed by atoms with Crippen LogP contribution in [0, 0.1) is 5.92 Å². The first-order valence-electron chi connectivity index (χ1n) is 8.95. The maximum Gasteiger partial charge on any atom is 0.410 e. The van der Waals surface area contributed by atoms with Gasteiger partial charge in [0.1, 0.15) is 11.7 Å². The Morgan fingerprint density at radius 1 is 1.36 bits per heavy atom. The van der Waals surface area contributed by atoms with Crippen LogP contribution in [-0.4, -0.2) is 64.8 Å². The van der Waals surface area contributed by atoms with Crippen molar-refractivity contribution in [1.82, 2.24) is 4.90 Å². The Labute approximate surface area is 155 Å². The first kappa shape index (κ1) is 20.7. The van der Waals surface area contributed by atoms with E-state index >= 15 is 0 Å². The van der Waals surface area contributed by atoms with Crippen LogP contribution in [0.25, 0.3) is 0 Å². The molecular formula is C18H32ClNO5. The first-order valence-corrected chi connectivity index (χ1v) is 9.48. The first-order chi connectivity index (χ1) is 11.4. The average Bonchev–Trinajstić information content (AvgIpc) is 3.28. The molecule has 0 bridgehead atoms. The molecule has 0 aromatic carbocycles. The molecule has 7 heteroatoms. The average molecular weight is 378 g/mol. The molecule has 1 heterocycles. The minimum Gasteiger partial charge on any atom is -0.444 e. The molecule has 2 fully saturated rings. The molecule has 0 aromatic heterocycles. The van der Waals surface area contributed by atoms with Crippen LogP contribution in [0.3, 0.4) is 0 Å². The molecule has 1 amide bonds. The number of halogens is 1. The Morgan fingerprint density at radius 2 is 1.96 bits per heavy atom. The number of ether oxygens (including phenoxy) is 3. The largest absolute Gasteiger partial charge is 0.444 e. The molecule has 1 saturated heterocycles. The van der Waals surface area contributed by atoms with Crippen LogP contribution >= 0.6 is 11.6 Å². The van der Waals surface area contributed by atoms with Crippen LogP contribution in [0.15, 0.2) is 0 Å². The number of hydrogen-bond donors (Lipinski definition) is 1. The molecule has 0 aromatic rings. The summed E-state index contributed by atoms with van der Waals surface area (Å²) in [7, 11) is 1.44. The minimum atomic E-state index is -1.39. The molecule has 25 heavy (non-hydrogen) atoms. The van der Waals surface area contributed by atoms with Crippen LogP contribution in [0.4, 0.5) is 4.79 Å². The predicted molar refractivity (Wildman–Crippen MR) is 95.7 cm³/mol. The molecule has 1 saturated carbocycles. The summed E-state index contributed by atoms with van der Waals surface area (Å²) in [6.07, 6.45) is 1.57. The molecule has 1 aliphatic carbocycles. The standard InChI is InChI=1S/C18H32ClNO5/c1-12(17(5,22)23-6)24-14-9-13(10-19)18(7-8-18)20(11-14)15(21)25-16(2,3)4/h12-14,22H,7-11H2,1-6H3/t12?,13-,14-,17+/m0/s1. The summed E-state index contributed by atoms with van der Waals surface area (Å²) in [6, 6.07) is 0. The van der Waals surface area contributed by atoms with E-state index in [1.165, 1.54) is 7.11 Å². The minimum absolute atomic E-state index is 0.153. The van der Waals surface area contributed by atoms with E-state index in [1.807, 2.05) is 20.8 Å². The van der Waals surface area contributed by atoms with Crippen molar-refractivity contribution in [3.63, 3.8) is 0 Å². The lowest BCUT2D eigenvalue weighted by Gasteiger charge is -2.46. The van der Waals surface area contributed by atoms with E-state index in [1.54, 1.807) is 18.7 Å². The molecule has 1 aliphatic heterocycles. The van der Waals surface area contributed by atoms with E-state index in [2.05, 4.69) is 0 Å². The van der Waals surface area contributed by atoms with Crippen LogP contribution in [-0.2, 0) is 14.2 Å². The van der Waals surface area contributed by atoms with Gasteiger partial charge in [-0.1, -0.05) is 0 Å². The van der Waals surface area contributed by atoms with Gasteiger partial charge in [-0.3, -0.25) is 4.90 Å². The third-order valence-electron chi connectivity index (χ3n) is 5.36. The van der Waals surface area contributed by atoms with E-state index in [-0.39, 0.29) is 23.7 Å². The van der Waals surface area contributed by atoms with E-state index in [4.69, 9.17) is 25.8 Å². The van der Waals surface area contributed by atoms with Gasteiger partial charge in [-0.05, 0) is 59.8 Å². The number of piperidine rings is 1. The molecular weight excluding hydrogens is 346 g/mol. The normalized spacial score (nSPS) is 29.2. The van der Waals surface area contributed by atoms with Gasteiger partial charge in [-0.25, -0.2) is 4.79 Å². The summed E-state index contributed by atoms with van der Waals surface area (Å²) in [4.78, 5) is 14.5. The third-order valence-corrected chi connectivity index (χ3v) is 5.73. The van der Waals surface area contributed by atoms with E-state index in [0.29, 0.717) is 12.4 Å². The zero-order chi connectivity index (χ0) is 19.0. The van der Waals surface area contributed by atoms with Crippen molar-refractivity contribution in [1.29, 1.82) is 0 Å². The van der Waals surface area contributed by atoms with Gasteiger partial charge in [0.05, 0.1) is 18.2 Å². The van der Waals surface area contributed by atoms with Crippen molar-refractivity contribution < 1.29 is 24.1 Å². The molecule has 4 atom stereocenters. The smallest absolute Gasteiger partial charge is 0.410 e. The number of methoxy groups -OCH3 is 1. The Morgan fingerprint density at radius 3 is 2.40 bits per heavy atom. The molecule has 2 rings (SSSR count). The number of rotatable bonds is 5. The summed E-state index contributed by atoms with van der Waals surface area (Å²) in [5.74, 6) is -0.768. The van der Waals surface area contributed by atoms with Gasteiger partial charge >= 0.3 is 6.09 Å². The van der Waals surface area contributed by atoms with Crippen molar-refractivity contribution in [2.24, 2.45) is 5.92 Å². The van der Waals surface area contributed by atoms with Gasteiger partial charge in [-0.15, -0.1) is 11.6 Å². The molecule has 2 aliphatic rings. The summed E-state index contributed by atoms with van der Waals surface area (Å²) in [5, 5.41) is 10.2. The highest BCUT2D eigenvalue weighted by Crippen LogP contribution is 2.53. The predicted octanol–water partition coefficient (Wildman–Crippen LogP) is 3.14. The monoisotopic (exact) mass is 377 g/mol. The third kappa shape index (κ3) is 4.59. The van der Waals surface area contributed by atoms with Crippen molar-refractivity contribution in [2.45, 2.75) is 83.0 Å². The molecule has 1 N–H and O–H groups in total. The quantitative estimate of drug-likeness (QED) is 0.588. The van der Waals surface area contributed by atoms with Crippen LogP contribution in [0.2, 0.25) is 0 Å².